The predicted molar refractivity (Wildman–Crippen MR) is 108 cm³/mol. The van der Waals surface area contributed by atoms with Crippen molar-refractivity contribution >= 4 is 12.1 Å². The molecule has 4 atom stereocenters. The molecule has 1 saturated heterocycles. The van der Waals surface area contributed by atoms with Crippen LogP contribution in [-0.2, 0) is 14.3 Å². The van der Waals surface area contributed by atoms with Gasteiger partial charge in [-0.05, 0) is 56.8 Å². The number of likely N-dealkylation sites (tertiary alicyclic amines) is 1. The van der Waals surface area contributed by atoms with Crippen LogP contribution in [0.15, 0.2) is 0 Å². The summed E-state index contributed by atoms with van der Waals surface area (Å²) in [6.45, 7) is 19.3. The third-order valence-electron chi connectivity index (χ3n) is 5.72. The number of hydrogen-bond donors (Lipinski definition) is 0. The summed E-state index contributed by atoms with van der Waals surface area (Å²) in [6.07, 6.45) is 1.30. The number of carbonyl (C=O) groups excluding carboxylic acids is 2. The van der Waals surface area contributed by atoms with Gasteiger partial charge in [0.15, 0.2) is 0 Å². The van der Waals surface area contributed by atoms with E-state index in [0.717, 1.165) is 6.42 Å². The lowest BCUT2D eigenvalue weighted by molar-refractivity contribution is -0.150. The van der Waals surface area contributed by atoms with E-state index in [2.05, 4.69) is 34.6 Å². The molecule has 27 heavy (non-hydrogen) atoms. The van der Waals surface area contributed by atoms with Crippen LogP contribution in [0.3, 0.4) is 0 Å². The molecular formula is C22H41NO4. The number of esters is 1. The fourth-order valence-corrected chi connectivity index (χ4v) is 5.19. The molecule has 5 nitrogen and oxygen atoms in total. The molecule has 1 aliphatic heterocycles. The maximum atomic E-state index is 13.2. The lowest BCUT2D eigenvalue weighted by atomic mass is 9.64. The Morgan fingerprint density at radius 3 is 2.19 bits per heavy atom. The second kappa shape index (κ2) is 8.83. The van der Waals surface area contributed by atoms with Gasteiger partial charge in [-0.15, -0.1) is 0 Å². The van der Waals surface area contributed by atoms with Crippen molar-refractivity contribution in [3.63, 3.8) is 0 Å². The van der Waals surface area contributed by atoms with Crippen LogP contribution in [0.25, 0.3) is 0 Å². The summed E-state index contributed by atoms with van der Waals surface area (Å²) < 4.78 is 10.9. The third kappa shape index (κ3) is 5.86. The highest BCUT2D eigenvalue weighted by Gasteiger charge is 2.50. The minimum absolute atomic E-state index is 0.00352. The van der Waals surface area contributed by atoms with Gasteiger partial charge in [0.1, 0.15) is 5.60 Å². The van der Waals surface area contributed by atoms with Crippen molar-refractivity contribution in [2.24, 2.45) is 29.1 Å². The predicted octanol–water partition coefficient (Wildman–Crippen LogP) is 5.13. The summed E-state index contributed by atoms with van der Waals surface area (Å²) in [5.41, 5.74) is -0.580. The molecule has 0 aromatic heterocycles. The summed E-state index contributed by atoms with van der Waals surface area (Å²) in [6, 6.07) is -0.239. The van der Waals surface area contributed by atoms with Gasteiger partial charge >= 0.3 is 12.1 Å². The summed E-state index contributed by atoms with van der Waals surface area (Å²) in [5, 5.41) is 0. The Kier molecular flexibility index (Phi) is 7.78. The van der Waals surface area contributed by atoms with E-state index in [1.54, 1.807) is 0 Å². The fraction of sp³-hybridized carbons (Fsp3) is 0.909. The zero-order valence-electron chi connectivity index (χ0n) is 19.1. The number of carbonyl (C=O) groups is 2. The molecule has 158 valence electrons. The Morgan fingerprint density at radius 2 is 1.78 bits per heavy atom. The Labute approximate surface area is 166 Å². The SMILES string of the molecule is CCC(C(=O)OC)C1C(C(C)C)C(C)(C)CC(C)CN1C(=O)OC(C)(C)C. The van der Waals surface area contributed by atoms with Crippen molar-refractivity contribution in [3.05, 3.63) is 0 Å². The number of hydrogen-bond acceptors (Lipinski definition) is 4. The quantitative estimate of drug-likeness (QED) is 0.632. The van der Waals surface area contributed by atoms with Gasteiger partial charge in [0.05, 0.1) is 19.1 Å². The topological polar surface area (TPSA) is 55.8 Å². The lowest BCUT2D eigenvalue weighted by Gasteiger charge is -2.46. The Balaban J connectivity index is 3.53. The highest BCUT2D eigenvalue weighted by Crippen LogP contribution is 2.47. The van der Waals surface area contributed by atoms with Crippen LogP contribution in [0.4, 0.5) is 4.79 Å². The van der Waals surface area contributed by atoms with Crippen molar-refractivity contribution < 1.29 is 19.1 Å². The van der Waals surface area contributed by atoms with Crippen molar-refractivity contribution in [2.45, 2.75) is 86.8 Å². The monoisotopic (exact) mass is 383 g/mol. The van der Waals surface area contributed by atoms with E-state index < -0.39 is 5.60 Å². The van der Waals surface area contributed by atoms with E-state index in [4.69, 9.17) is 9.47 Å². The van der Waals surface area contributed by atoms with Gasteiger partial charge in [-0.3, -0.25) is 4.79 Å². The van der Waals surface area contributed by atoms with Crippen LogP contribution in [0.2, 0.25) is 0 Å². The van der Waals surface area contributed by atoms with E-state index in [1.165, 1.54) is 7.11 Å². The van der Waals surface area contributed by atoms with E-state index in [9.17, 15) is 9.59 Å². The average molecular weight is 384 g/mol. The van der Waals surface area contributed by atoms with Gasteiger partial charge in [-0.2, -0.15) is 0 Å². The summed E-state index contributed by atoms with van der Waals surface area (Å²) >= 11 is 0. The maximum Gasteiger partial charge on any atom is 0.410 e. The molecular weight excluding hydrogens is 342 g/mol. The number of methoxy groups -OCH3 is 1. The molecule has 0 aliphatic carbocycles. The first kappa shape index (κ1) is 23.8. The minimum Gasteiger partial charge on any atom is -0.469 e. The molecule has 1 aliphatic rings. The Bertz CT molecular complexity index is 521. The highest BCUT2D eigenvalue weighted by molar-refractivity contribution is 5.75. The van der Waals surface area contributed by atoms with Gasteiger partial charge in [-0.1, -0.05) is 41.5 Å². The molecule has 1 fully saturated rings. The second-order valence-electron chi connectivity index (χ2n) is 10.2. The number of nitrogens with zero attached hydrogens (tertiary/aromatic N) is 1. The number of rotatable bonds is 4. The van der Waals surface area contributed by atoms with E-state index in [0.29, 0.717) is 24.8 Å². The first-order chi connectivity index (χ1) is 12.2. The van der Waals surface area contributed by atoms with Gasteiger partial charge in [0.2, 0.25) is 0 Å². The Morgan fingerprint density at radius 1 is 1.22 bits per heavy atom. The van der Waals surface area contributed by atoms with E-state index in [1.807, 2.05) is 32.6 Å². The van der Waals surface area contributed by atoms with Crippen LogP contribution < -0.4 is 0 Å². The van der Waals surface area contributed by atoms with Crippen LogP contribution in [-0.4, -0.2) is 42.3 Å². The molecule has 0 aromatic rings. The van der Waals surface area contributed by atoms with Gasteiger partial charge in [0.25, 0.3) is 0 Å². The smallest absolute Gasteiger partial charge is 0.410 e. The molecule has 0 aromatic carbocycles. The fourth-order valence-electron chi connectivity index (χ4n) is 5.19. The third-order valence-corrected chi connectivity index (χ3v) is 5.72. The van der Waals surface area contributed by atoms with Crippen LogP contribution in [0.1, 0.15) is 75.2 Å². The maximum absolute atomic E-state index is 13.2. The van der Waals surface area contributed by atoms with Crippen molar-refractivity contribution in [3.8, 4) is 0 Å². The van der Waals surface area contributed by atoms with Crippen molar-refractivity contribution in [1.29, 1.82) is 0 Å². The molecule has 4 unspecified atom stereocenters. The summed E-state index contributed by atoms with van der Waals surface area (Å²) in [4.78, 5) is 27.7. The Hall–Kier alpha value is -1.26. The number of amides is 1. The summed E-state index contributed by atoms with van der Waals surface area (Å²) in [7, 11) is 1.43. The molecule has 5 heteroatoms. The van der Waals surface area contributed by atoms with E-state index in [-0.39, 0.29) is 35.4 Å². The average Bonchev–Trinajstić information content (AvgIpc) is 2.59. The number of ether oxygens (including phenoxy) is 2. The normalized spacial score (nSPS) is 27.1. The molecule has 0 spiro atoms. The van der Waals surface area contributed by atoms with Gasteiger partial charge < -0.3 is 14.4 Å². The van der Waals surface area contributed by atoms with Gasteiger partial charge in [-0.25, -0.2) is 4.79 Å². The zero-order valence-corrected chi connectivity index (χ0v) is 19.1. The largest absolute Gasteiger partial charge is 0.469 e. The molecule has 0 saturated carbocycles. The first-order valence-electron chi connectivity index (χ1n) is 10.3. The van der Waals surface area contributed by atoms with Crippen LogP contribution in [0, 0.1) is 29.1 Å². The molecule has 0 N–H and O–H groups in total. The molecule has 0 radical (unpaired) electrons. The first-order valence-corrected chi connectivity index (χ1v) is 10.3. The molecule has 0 bridgehead atoms. The minimum atomic E-state index is -0.576. The van der Waals surface area contributed by atoms with E-state index >= 15 is 0 Å². The second-order valence-corrected chi connectivity index (χ2v) is 10.2. The molecule has 1 amide bonds. The van der Waals surface area contributed by atoms with Crippen molar-refractivity contribution in [2.75, 3.05) is 13.7 Å². The highest BCUT2D eigenvalue weighted by atomic mass is 16.6. The summed E-state index contributed by atoms with van der Waals surface area (Å²) in [5.74, 6) is 0.207. The van der Waals surface area contributed by atoms with Gasteiger partial charge in [0, 0.05) is 6.54 Å². The van der Waals surface area contributed by atoms with Crippen LogP contribution >= 0.6 is 0 Å². The van der Waals surface area contributed by atoms with Crippen LogP contribution in [0.5, 0.6) is 0 Å². The molecule has 1 rings (SSSR count). The van der Waals surface area contributed by atoms with Crippen molar-refractivity contribution in [1.82, 2.24) is 4.90 Å². The lowest BCUT2D eigenvalue weighted by Crippen LogP contribution is -2.55. The molecule has 1 heterocycles. The zero-order chi connectivity index (χ0) is 21.2. The standard InChI is InChI=1S/C22H41NO4/c1-11-16(19(24)26-10)18-17(14(2)3)22(8,9)12-15(4)13-23(18)20(25)27-21(5,6)7/h14-18H,11-13H2,1-10H3.